The third-order valence-electron chi connectivity index (χ3n) is 4.16. The first-order valence-corrected chi connectivity index (χ1v) is 8.84. The Morgan fingerprint density at radius 1 is 1.32 bits per heavy atom. The van der Waals surface area contributed by atoms with Crippen LogP contribution in [0.15, 0.2) is 40.9 Å². The van der Waals surface area contributed by atoms with Crippen molar-refractivity contribution in [3.05, 3.63) is 57.3 Å². The van der Waals surface area contributed by atoms with Crippen molar-refractivity contribution < 1.29 is 14.0 Å². The maximum atomic E-state index is 13.3. The summed E-state index contributed by atoms with van der Waals surface area (Å²) in [6, 6.07) is 9.65. The summed E-state index contributed by atoms with van der Waals surface area (Å²) in [6.07, 6.45) is 0.108. The molecule has 0 bridgehead atoms. The van der Waals surface area contributed by atoms with E-state index in [4.69, 9.17) is 11.6 Å². The van der Waals surface area contributed by atoms with Crippen LogP contribution < -0.4 is 10.2 Å². The molecule has 1 heterocycles. The first kappa shape index (κ1) is 17.9. The highest BCUT2D eigenvalue weighted by Gasteiger charge is 2.35. The summed E-state index contributed by atoms with van der Waals surface area (Å²) in [6.45, 7) is 2.13. The van der Waals surface area contributed by atoms with Crippen LogP contribution in [0.3, 0.4) is 0 Å². The molecule has 1 saturated heterocycles. The Kier molecular flexibility index (Phi) is 5.11. The fourth-order valence-electron chi connectivity index (χ4n) is 2.79. The molecule has 0 aromatic heterocycles. The van der Waals surface area contributed by atoms with Crippen molar-refractivity contribution in [1.82, 2.24) is 0 Å². The number of nitrogens with zero attached hydrogens (tertiary/aromatic N) is 1. The van der Waals surface area contributed by atoms with Crippen molar-refractivity contribution in [2.24, 2.45) is 5.92 Å². The van der Waals surface area contributed by atoms with E-state index in [2.05, 4.69) is 21.2 Å². The Hall–Kier alpha value is -1.92. The summed E-state index contributed by atoms with van der Waals surface area (Å²) in [5.74, 6) is -1.42. The molecule has 1 aliphatic heterocycles. The maximum Gasteiger partial charge on any atom is 0.229 e. The second-order valence-electron chi connectivity index (χ2n) is 5.95. The smallest absolute Gasteiger partial charge is 0.229 e. The summed E-state index contributed by atoms with van der Waals surface area (Å²) in [4.78, 5) is 26.2. The maximum absolute atomic E-state index is 13.3. The van der Waals surface area contributed by atoms with Crippen LogP contribution in [-0.2, 0) is 9.59 Å². The van der Waals surface area contributed by atoms with Gasteiger partial charge >= 0.3 is 0 Å². The fraction of sp³-hybridized carbons (Fsp3) is 0.222. The zero-order valence-electron chi connectivity index (χ0n) is 13.4. The number of rotatable bonds is 3. The van der Waals surface area contributed by atoms with Gasteiger partial charge in [0.15, 0.2) is 0 Å². The molecule has 7 heteroatoms. The average Bonchev–Trinajstić information content (AvgIpc) is 2.95. The van der Waals surface area contributed by atoms with Crippen LogP contribution in [0.25, 0.3) is 0 Å². The number of nitrogens with one attached hydrogen (secondary N) is 1. The van der Waals surface area contributed by atoms with Gasteiger partial charge in [-0.1, -0.05) is 27.5 Å². The topological polar surface area (TPSA) is 49.4 Å². The van der Waals surface area contributed by atoms with Gasteiger partial charge in [0.2, 0.25) is 11.8 Å². The van der Waals surface area contributed by atoms with Gasteiger partial charge in [-0.3, -0.25) is 9.59 Å². The molecule has 2 amide bonds. The highest BCUT2D eigenvalue weighted by Crippen LogP contribution is 2.29. The normalized spacial score (nSPS) is 17.0. The van der Waals surface area contributed by atoms with Crippen LogP contribution in [0.1, 0.15) is 12.0 Å². The first-order valence-electron chi connectivity index (χ1n) is 7.67. The molecule has 3 rings (SSSR count). The number of amides is 2. The highest BCUT2D eigenvalue weighted by molar-refractivity contribution is 9.10. The Morgan fingerprint density at radius 3 is 2.76 bits per heavy atom. The quantitative estimate of drug-likeness (QED) is 0.785. The number of carbonyl (C=O) groups excluding carboxylic acids is 2. The van der Waals surface area contributed by atoms with Crippen LogP contribution >= 0.6 is 27.5 Å². The van der Waals surface area contributed by atoms with E-state index in [1.165, 1.54) is 23.1 Å². The molecular weight excluding hydrogens is 411 g/mol. The minimum Gasteiger partial charge on any atom is -0.326 e. The second-order valence-corrected chi connectivity index (χ2v) is 7.28. The van der Waals surface area contributed by atoms with E-state index in [9.17, 15) is 14.0 Å². The average molecular weight is 426 g/mol. The van der Waals surface area contributed by atoms with Crippen LogP contribution in [0.2, 0.25) is 5.02 Å². The lowest BCUT2D eigenvalue weighted by atomic mass is 10.1. The van der Waals surface area contributed by atoms with Crippen LogP contribution in [-0.4, -0.2) is 18.4 Å². The number of halogens is 3. The van der Waals surface area contributed by atoms with Crippen molar-refractivity contribution in [2.75, 3.05) is 16.8 Å². The van der Waals surface area contributed by atoms with Crippen LogP contribution in [0.5, 0.6) is 0 Å². The molecule has 0 spiro atoms. The lowest BCUT2D eigenvalue weighted by Gasteiger charge is -2.17. The standard InChI is InChI=1S/C18H15BrClFN2O2/c1-10-6-12(19)2-5-16(10)22-18(25)11-7-17(24)23(9-11)13-3-4-15(21)14(20)8-13/h2-6,8,11H,7,9H2,1H3,(H,22,25). The van der Waals surface area contributed by atoms with Gasteiger partial charge in [-0.2, -0.15) is 0 Å². The van der Waals surface area contributed by atoms with Gasteiger partial charge < -0.3 is 10.2 Å². The summed E-state index contributed by atoms with van der Waals surface area (Å²) in [5.41, 5.74) is 2.13. The predicted octanol–water partition coefficient (Wildman–Crippen LogP) is 4.54. The minimum atomic E-state index is -0.544. The van der Waals surface area contributed by atoms with Gasteiger partial charge in [-0.25, -0.2) is 4.39 Å². The van der Waals surface area contributed by atoms with E-state index >= 15 is 0 Å². The SMILES string of the molecule is Cc1cc(Br)ccc1NC(=O)C1CC(=O)N(c2ccc(F)c(Cl)c2)C1. The molecule has 2 aromatic carbocycles. The number of benzene rings is 2. The molecule has 1 atom stereocenters. The van der Waals surface area contributed by atoms with E-state index in [1.807, 2.05) is 25.1 Å². The molecule has 0 aliphatic carbocycles. The van der Waals surface area contributed by atoms with Crippen LogP contribution in [0.4, 0.5) is 15.8 Å². The van der Waals surface area contributed by atoms with Crippen molar-refractivity contribution in [1.29, 1.82) is 0 Å². The van der Waals surface area contributed by atoms with Gasteiger partial charge in [-0.05, 0) is 48.9 Å². The molecule has 0 radical (unpaired) electrons. The van der Waals surface area contributed by atoms with Crippen molar-refractivity contribution in [2.45, 2.75) is 13.3 Å². The zero-order chi connectivity index (χ0) is 18.1. The Labute approximate surface area is 158 Å². The monoisotopic (exact) mass is 424 g/mol. The Morgan fingerprint density at radius 2 is 2.08 bits per heavy atom. The van der Waals surface area contributed by atoms with Gasteiger partial charge in [0.05, 0.1) is 10.9 Å². The number of hydrogen-bond acceptors (Lipinski definition) is 2. The number of hydrogen-bond donors (Lipinski definition) is 1. The van der Waals surface area contributed by atoms with Crippen molar-refractivity contribution in [3.8, 4) is 0 Å². The fourth-order valence-corrected chi connectivity index (χ4v) is 3.44. The van der Waals surface area contributed by atoms with E-state index < -0.39 is 11.7 Å². The van der Waals surface area contributed by atoms with Gasteiger partial charge in [-0.15, -0.1) is 0 Å². The molecule has 1 N–H and O–H groups in total. The lowest BCUT2D eigenvalue weighted by molar-refractivity contribution is -0.122. The van der Waals surface area contributed by atoms with Crippen molar-refractivity contribution in [3.63, 3.8) is 0 Å². The van der Waals surface area contributed by atoms with E-state index in [0.717, 1.165) is 10.0 Å². The summed E-state index contributed by atoms with van der Waals surface area (Å²) in [7, 11) is 0. The third kappa shape index (κ3) is 3.85. The van der Waals surface area contributed by atoms with Crippen molar-refractivity contribution >= 4 is 50.7 Å². The molecule has 0 saturated carbocycles. The second kappa shape index (κ2) is 7.14. The zero-order valence-corrected chi connectivity index (χ0v) is 15.7. The number of anilines is 2. The Bertz CT molecular complexity index is 859. The number of aryl methyl sites for hydroxylation is 1. The lowest BCUT2D eigenvalue weighted by Crippen LogP contribution is -2.28. The third-order valence-corrected chi connectivity index (χ3v) is 4.94. The van der Waals surface area contributed by atoms with Crippen LogP contribution in [0, 0.1) is 18.7 Å². The molecule has 1 aliphatic rings. The molecule has 1 unspecified atom stereocenters. The minimum absolute atomic E-state index is 0.0521. The predicted molar refractivity (Wildman–Crippen MR) is 99.4 cm³/mol. The molecular formula is C18H15BrClFN2O2. The first-order chi connectivity index (χ1) is 11.8. The van der Waals surface area contributed by atoms with E-state index in [0.29, 0.717) is 11.4 Å². The summed E-state index contributed by atoms with van der Waals surface area (Å²) < 4.78 is 14.2. The molecule has 2 aromatic rings. The van der Waals surface area contributed by atoms with Gasteiger partial charge in [0.1, 0.15) is 5.82 Å². The summed E-state index contributed by atoms with van der Waals surface area (Å²) >= 11 is 9.16. The highest BCUT2D eigenvalue weighted by atomic mass is 79.9. The molecule has 25 heavy (non-hydrogen) atoms. The van der Waals surface area contributed by atoms with Gasteiger partial charge in [0, 0.05) is 28.8 Å². The van der Waals surface area contributed by atoms with Gasteiger partial charge in [0.25, 0.3) is 0 Å². The van der Waals surface area contributed by atoms with E-state index in [-0.39, 0.29) is 29.8 Å². The molecule has 1 fully saturated rings. The van der Waals surface area contributed by atoms with E-state index in [1.54, 1.807) is 0 Å². The molecule has 4 nitrogen and oxygen atoms in total. The largest absolute Gasteiger partial charge is 0.326 e. The summed E-state index contributed by atoms with van der Waals surface area (Å²) in [5, 5.41) is 2.82. The molecule has 130 valence electrons. The number of carbonyl (C=O) groups is 2. The Balaban J connectivity index is 1.73.